The van der Waals surface area contributed by atoms with Crippen molar-refractivity contribution in [2.24, 2.45) is 4.99 Å². The van der Waals surface area contributed by atoms with Gasteiger partial charge in [0.25, 0.3) is 0 Å². The molecule has 9 heteroatoms. The maximum atomic E-state index is 12.4. The monoisotopic (exact) mass is 434 g/mol. The summed E-state index contributed by atoms with van der Waals surface area (Å²) >= 11 is 0. The molecule has 3 rings (SSSR count). The van der Waals surface area contributed by atoms with Gasteiger partial charge in [0.15, 0.2) is 0 Å². The van der Waals surface area contributed by atoms with E-state index in [4.69, 9.17) is 0 Å². The van der Waals surface area contributed by atoms with Crippen molar-refractivity contribution in [2.45, 2.75) is 33.4 Å². The van der Waals surface area contributed by atoms with Crippen LogP contribution in [0.25, 0.3) is 11.1 Å². The molecule has 0 spiro atoms. The molecule has 3 aromatic heterocycles. The summed E-state index contributed by atoms with van der Waals surface area (Å²) in [5.41, 5.74) is 4.67. The largest absolute Gasteiger partial charge is 0.314 e. The second kappa shape index (κ2) is 10.6. The third kappa shape index (κ3) is 6.21. The lowest BCUT2D eigenvalue weighted by Gasteiger charge is -2.08. The summed E-state index contributed by atoms with van der Waals surface area (Å²) in [6.45, 7) is 11.3. The Labute approximate surface area is 188 Å². The van der Waals surface area contributed by atoms with Crippen LogP contribution in [0.3, 0.4) is 0 Å². The van der Waals surface area contributed by atoms with Gasteiger partial charge in [-0.15, -0.1) is 0 Å². The van der Waals surface area contributed by atoms with E-state index < -0.39 is 0 Å². The smallest absolute Gasteiger partial charge is 0.247 e. The van der Waals surface area contributed by atoms with Crippen LogP contribution in [0.2, 0.25) is 0 Å². The molecule has 0 atom stereocenters. The lowest BCUT2D eigenvalue weighted by molar-refractivity contribution is -0.116. The quantitative estimate of drug-likeness (QED) is 0.377. The van der Waals surface area contributed by atoms with Crippen LogP contribution in [0.1, 0.15) is 32.4 Å². The van der Waals surface area contributed by atoms with E-state index in [2.05, 4.69) is 51.2 Å². The highest BCUT2D eigenvalue weighted by Crippen LogP contribution is 2.19. The molecule has 0 unspecified atom stereocenters. The van der Waals surface area contributed by atoms with E-state index >= 15 is 0 Å². The molecule has 0 fully saturated rings. The maximum absolute atomic E-state index is 12.4. The summed E-state index contributed by atoms with van der Waals surface area (Å²) in [4.78, 5) is 21.4. The molecule has 32 heavy (non-hydrogen) atoms. The lowest BCUT2D eigenvalue weighted by Crippen LogP contribution is -2.21. The van der Waals surface area contributed by atoms with Gasteiger partial charge in [0.2, 0.25) is 5.91 Å². The molecule has 0 radical (unpaired) electrons. The Morgan fingerprint density at radius 1 is 1.16 bits per heavy atom. The molecule has 0 saturated carbocycles. The van der Waals surface area contributed by atoms with E-state index in [1.54, 1.807) is 29.3 Å². The standard InChI is InChI=1S/C23H30N8O/c1-16(2)8-25-21(12-24-5)18-6-7-22(26-9-18)29-23(32)15-30-13-19(10-27-30)20-11-28-31(14-20)17(3)4/h6-7,9-11,13-14,17,24H,1,8,12,15H2,2-5H3,(H,26,29,32)/b25-21+. The minimum Gasteiger partial charge on any atom is -0.314 e. The fraction of sp³-hybridized carbons (Fsp3) is 0.348. The number of hydrogen-bond donors (Lipinski definition) is 2. The summed E-state index contributed by atoms with van der Waals surface area (Å²) in [6.07, 6.45) is 9.05. The molecule has 9 nitrogen and oxygen atoms in total. The number of aliphatic imine (C=N–C) groups is 1. The van der Waals surface area contributed by atoms with Crippen molar-refractivity contribution >= 4 is 17.4 Å². The molecule has 0 aliphatic heterocycles. The van der Waals surface area contributed by atoms with Crippen molar-refractivity contribution in [3.63, 3.8) is 0 Å². The molecule has 2 N–H and O–H groups in total. The molecule has 1 amide bonds. The SMILES string of the molecule is C=C(C)C/N=C(\CNC)c1ccc(NC(=O)Cn2cc(-c3cnn(C(C)C)c3)cn2)nc1. The highest BCUT2D eigenvalue weighted by molar-refractivity contribution is 6.02. The normalized spacial score (nSPS) is 11.7. The van der Waals surface area contributed by atoms with Crippen molar-refractivity contribution in [3.05, 3.63) is 60.8 Å². The zero-order valence-electron chi connectivity index (χ0n) is 19.0. The van der Waals surface area contributed by atoms with Gasteiger partial charge in [-0.1, -0.05) is 12.2 Å². The van der Waals surface area contributed by atoms with Gasteiger partial charge in [0, 0.05) is 47.9 Å². The molecule has 0 saturated heterocycles. The number of aromatic nitrogens is 5. The van der Waals surface area contributed by atoms with Crippen molar-refractivity contribution in [2.75, 3.05) is 25.5 Å². The average Bonchev–Trinajstić information content (AvgIpc) is 3.41. The van der Waals surface area contributed by atoms with E-state index in [9.17, 15) is 4.79 Å². The number of hydrogen-bond acceptors (Lipinski definition) is 6. The van der Waals surface area contributed by atoms with E-state index in [1.807, 2.05) is 37.1 Å². The van der Waals surface area contributed by atoms with Crippen LogP contribution < -0.4 is 10.6 Å². The Morgan fingerprint density at radius 2 is 1.91 bits per heavy atom. The van der Waals surface area contributed by atoms with Crippen LogP contribution in [-0.2, 0) is 11.3 Å². The Hall–Kier alpha value is -3.59. The lowest BCUT2D eigenvalue weighted by atomic mass is 10.1. The Balaban J connectivity index is 1.61. The molecule has 0 aliphatic carbocycles. The first-order valence-corrected chi connectivity index (χ1v) is 10.5. The molecule has 168 valence electrons. The predicted octanol–water partition coefficient (Wildman–Crippen LogP) is 2.95. The molecular weight excluding hydrogens is 404 g/mol. The first-order valence-electron chi connectivity index (χ1n) is 10.5. The van der Waals surface area contributed by atoms with Gasteiger partial charge in [-0.05, 0) is 40.0 Å². The average molecular weight is 435 g/mol. The fourth-order valence-corrected chi connectivity index (χ4v) is 2.98. The van der Waals surface area contributed by atoms with Gasteiger partial charge in [-0.3, -0.25) is 19.2 Å². The van der Waals surface area contributed by atoms with Gasteiger partial charge in [0.05, 0.1) is 24.7 Å². The third-order valence-corrected chi connectivity index (χ3v) is 4.65. The topological polar surface area (TPSA) is 102 Å². The van der Waals surface area contributed by atoms with Crippen LogP contribution in [-0.4, -0.2) is 56.3 Å². The number of anilines is 1. The summed E-state index contributed by atoms with van der Waals surface area (Å²) in [5, 5.41) is 14.6. The highest BCUT2D eigenvalue weighted by Gasteiger charge is 2.10. The maximum Gasteiger partial charge on any atom is 0.247 e. The minimum absolute atomic E-state index is 0.0901. The first kappa shape index (κ1) is 23.1. The van der Waals surface area contributed by atoms with Gasteiger partial charge < -0.3 is 10.6 Å². The predicted molar refractivity (Wildman–Crippen MR) is 127 cm³/mol. The van der Waals surface area contributed by atoms with Gasteiger partial charge in [-0.25, -0.2) is 4.98 Å². The van der Waals surface area contributed by atoms with Crippen molar-refractivity contribution in [3.8, 4) is 11.1 Å². The van der Waals surface area contributed by atoms with E-state index in [-0.39, 0.29) is 18.5 Å². The second-order valence-electron chi connectivity index (χ2n) is 7.96. The molecule has 0 aromatic carbocycles. The van der Waals surface area contributed by atoms with E-state index in [0.29, 0.717) is 18.9 Å². The molecule has 0 bridgehead atoms. The van der Waals surface area contributed by atoms with Gasteiger partial charge in [0.1, 0.15) is 12.4 Å². The molecular formula is C23H30N8O. The number of carbonyl (C=O) groups excluding carboxylic acids is 1. The van der Waals surface area contributed by atoms with Crippen LogP contribution in [0.5, 0.6) is 0 Å². The number of rotatable bonds is 10. The van der Waals surface area contributed by atoms with Crippen molar-refractivity contribution < 1.29 is 4.79 Å². The van der Waals surface area contributed by atoms with Crippen molar-refractivity contribution in [1.82, 2.24) is 29.9 Å². The number of pyridine rings is 1. The van der Waals surface area contributed by atoms with Crippen LogP contribution in [0.4, 0.5) is 5.82 Å². The second-order valence-corrected chi connectivity index (χ2v) is 7.96. The summed E-state index contributed by atoms with van der Waals surface area (Å²) in [6, 6.07) is 3.96. The summed E-state index contributed by atoms with van der Waals surface area (Å²) in [7, 11) is 1.87. The summed E-state index contributed by atoms with van der Waals surface area (Å²) < 4.78 is 3.49. The number of amides is 1. The summed E-state index contributed by atoms with van der Waals surface area (Å²) in [5.74, 6) is 0.275. The zero-order valence-corrected chi connectivity index (χ0v) is 19.0. The van der Waals surface area contributed by atoms with Crippen LogP contribution in [0, 0.1) is 0 Å². The van der Waals surface area contributed by atoms with Crippen LogP contribution in [0.15, 0.2) is 60.3 Å². The number of likely N-dealkylation sites (N-methyl/N-ethyl adjacent to an activating group) is 1. The third-order valence-electron chi connectivity index (χ3n) is 4.65. The van der Waals surface area contributed by atoms with Gasteiger partial charge >= 0.3 is 0 Å². The first-order chi connectivity index (χ1) is 15.4. The highest BCUT2D eigenvalue weighted by atomic mass is 16.2. The molecule has 3 aromatic rings. The van der Waals surface area contributed by atoms with E-state index in [0.717, 1.165) is 28.0 Å². The Morgan fingerprint density at radius 3 is 2.53 bits per heavy atom. The molecule has 3 heterocycles. The zero-order chi connectivity index (χ0) is 23.1. The number of nitrogens with one attached hydrogen (secondary N) is 2. The number of nitrogens with zero attached hydrogens (tertiary/aromatic N) is 6. The Bertz CT molecular complexity index is 1090. The van der Waals surface area contributed by atoms with Crippen molar-refractivity contribution in [1.29, 1.82) is 0 Å². The number of carbonyl (C=O) groups is 1. The fourth-order valence-electron chi connectivity index (χ4n) is 2.98. The Kier molecular flexibility index (Phi) is 7.67. The molecule has 0 aliphatic rings. The minimum atomic E-state index is -0.204. The van der Waals surface area contributed by atoms with Gasteiger partial charge in [-0.2, -0.15) is 10.2 Å². The van der Waals surface area contributed by atoms with E-state index in [1.165, 1.54) is 0 Å². The van der Waals surface area contributed by atoms with Crippen LogP contribution >= 0.6 is 0 Å².